The molecule has 2 N–H and O–H groups in total. The van der Waals surface area contributed by atoms with E-state index in [0.717, 1.165) is 9.35 Å². The standard InChI is InChI=1S/C10H9BrN2OS/c11-7-3-5-15-9(7)6-13-4-1-2-8(12)10(13)14/h1-5H,6,12H2. The fourth-order valence-corrected chi connectivity index (χ4v) is 2.75. The number of hydrogen-bond acceptors (Lipinski definition) is 3. The largest absolute Gasteiger partial charge is 0.394 e. The summed E-state index contributed by atoms with van der Waals surface area (Å²) in [6.07, 6.45) is 1.74. The van der Waals surface area contributed by atoms with Gasteiger partial charge in [0.05, 0.1) is 12.2 Å². The maximum Gasteiger partial charge on any atom is 0.273 e. The minimum atomic E-state index is -0.141. The molecule has 0 unspecified atom stereocenters. The molecule has 2 rings (SSSR count). The lowest BCUT2D eigenvalue weighted by molar-refractivity contribution is 0.771. The number of pyridine rings is 1. The Morgan fingerprint density at radius 3 is 2.93 bits per heavy atom. The molecule has 5 heteroatoms. The van der Waals surface area contributed by atoms with Crippen molar-refractivity contribution < 1.29 is 0 Å². The zero-order chi connectivity index (χ0) is 10.8. The third-order valence-electron chi connectivity index (χ3n) is 2.05. The molecule has 15 heavy (non-hydrogen) atoms. The van der Waals surface area contributed by atoms with Gasteiger partial charge in [-0.05, 0) is 39.5 Å². The first kappa shape index (κ1) is 10.4. The summed E-state index contributed by atoms with van der Waals surface area (Å²) in [6, 6.07) is 5.36. The number of nitrogens with zero attached hydrogens (tertiary/aromatic N) is 1. The molecule has 0 aliphatic heterocycles. The van der Waals surface area contributed by atoms with Gasteiger partial charge in [0.1, 0.15) is 0 Å². The van der Waals surface area contributed by atoms with Crippen molar-refractivity contribution in [1.29, 1.82) is 0 Å². The predicted molar refractivity (Wildman–Crippen MR) is 66.2 cm³/mol. The lowest BCUT2D eigenvalue weighted by atomic mass is 10.4. The van der Waals surface area contributed by atoms with Crippen LogP contribution in [0.15, 0.2) is 39.0 Å². The fraction of sp³-hybridized carbons (Fsp3) is 0.100. The van der Waals surface area contributed by atoms with Crippen molar-refractivity contribution in [2.75, 3.05) is 5.73 Å². The summed E-state index contributed by atoms with van der Waals surface area (Å²) in [5.74, 6) is 0. The SMILES string of the molecule is Nc1cccn(Cc2sccc2Br)c1=O. The number of nitrogen functional groups attached to an aromatic ring is 1. The average molecular weight is 285 g/mol. The topological polar surface area (TPSA) is 48.0 Å². The van der Waals surface area contributed by atoms with Crippen LogP contribution in [0.3, 0.4) is 0 Å². The summed E-state index contributed by atoms with van der Waals surface area (Å²) in [5.41, 5.74) is 5.69. The number of thiophene rings is 1. The van der Waals surface area contributed by atoms with Crippen LogP contribution in [0.25, 0.3) is 0 Å². The van der Waals surface area contributed by atoms with Gasteiger partial charge in [-0.25, -0.2) is 0 Å². The van der Waals surface area contributed by atoms with Gasteiger partial charge in [-0.2, -0.15) is 0 Å². The van der Waals surface area contributed by atoms with E-state index in [1.165, 1.54) is 0 Å². The fourth-order valence-electron chi connectivity index (χ4n) is 1.27. The zero-order valence-corrected chi connectivity index (χ0v) is 10.2. The molecule has 0 aliphatic rings. The first-order valence-corrected chi connectivity index (χ1v) is 6.02. The highest BCUT2D eigenvalue weighted by Gasteiger charge is 2.04. The Labute approximate surface area is 99.3 Å². The van der Waals surface area contributed by atoms with Gasteiger partial charge < -0.3 is 10.3 Å². The van der Waals surface area contributed by atoms with Crippen LogP contribution in [0.5, 0.6) is 0 Å². The highest BCUT2D eigenvalue weighted by atomic mass is 79.9. The summed E-state index contributed by atoms with van der Waals surface area (Å²) in [6.45, 7) is 0.558. The van der Waals surface area contributed by atoms with Gasteiger partial charge in [-0.15, -0.1) is 11.3 Å². The van der Waals surface area contributed by atoms with Gasteiger partial charge >= 0.3 is 0 Å². The second-order valence-corrected chi connectivity index (χ2v) is 4.94. The number of rotatable bonds is 2. The number of hydrogen-bond donors (Lipinski definition) is 1. The van der Waals surface area contributed by atoms with Crippen LogP contribution in [0, 0.1) is 0 Å². The van der Waals surface area contributed by atoms with E-state index < -0.39 is 0 Å². The van der Waals surface area contributed by atoms with Gasteiger partial charge in [0.2, 0.25) is 0 Å². The van der Waals surface area contributed by atoms with E-state index in [9.17, 15) is 4.79 Å². The molecule has 3 nitrogen and oxygen atoms in total. The van der Waals surface area contributed by atoms with Gasteiger partial charge in [-0.3, -0.25) is 4.79 Å². The number of nitrogens with two attached hydrogens (primary N) is 1. The molecular formula is C10H9BrN2OS. The first-order chi connectivity index (χ1) is 7.18. The third kappa shape index (κ3) is 2.13. The Bertz CT molecular complexity index is 532. The molecule has 2 aromatic heterocycles. The predicted octanol–water partition coefficient (Wildman–Crippen LogP) is 2.30. The summed E-state index contributed by atoms with van der Waals surface area (Å²) >= 11 is 5.04. The van der Waals surface area contributed by atoms with Crippen molar-refractivity contribution >= 4 is 33.0 Å². The Morgan fingerprint density at radius 2 is 2.27 bits per heavy atom. The molecule has 78 valence electrons. The molecule has 0 aromatic carbocycles. The molecule has 0 saturated heterocycles. The third-order valence-corrected chi connectivity index (χ3v) is 3.97. The zero-order valence-electron chi connectivity index (χ0n) is 7.81. The van der Waals surface area contributed by atoms with Crippen LogP contribution < -0.4 is 11.3 Å². The monoisotopic (exact) mass is 284 g/mol. The highest BCUT2D eigenvalue weighted by molar-refractivity contribution is 9.10. The smallest absolute Gasteiger partial charge is 0.273 e. The van der Waals surface area contributed by atoms with E-state index in [4.69, 9.17) is 5.73 Å². The van der Waals surface area contributed by atoms with Gasteiger partial charge in [0, 0.05) is 15.5 Å². The van der Waals surface area contributed by atoms with Crippen LogP contribution in [0.2, 0.25) is 0 Å². The molecule has 2 aromatic rings. The molecule has 0 amide bonds. The quantitative estimate of drug-likeness (QED) is 0.920. The molecule has 0 radical (unpaired) electrons. The van der Waals surface area contributed by atoms with E-state index in [0.29, 0.717) is 6.54 Å². The molecule has 0 spiro atoms. The van der Waals surface area contributed by atoms with E-state index in [1.54, 1.807) is 34.2 Å². The number of halogens is 1. The molecule has 0 atom stereocenters. The summed E-state index contributed by atoms with van der Waals surface area (Å²) in [4.78, 5) is 12.7. The van der Waals surface area contributed by atoms with Crippen molar-refractivity contribution in [3.8, 4) is 0 Å². The van der Waals surface area contributed by atoms with Crippen molar-refractivity contribution in [1.82, 2.24) is 4.57 Å². The van der Waals surface area contributed by atoms with Crippen LogP contribution in [-0.2, 0) is 6.54 Å². The Hall–Kier alpha value is -1.07. The summed E-state index contributed by atoms with van der Waals surface area (Å²) in [7, 11) is 0. The minimum Gasteiger partial charge on any atom is -0.394 e. The van der Waals surface area contributed by atoms with Crippen molar-refractivity contribution in [2.24, 2.45) is 0 Å². The number of aromatic nitrogens is 1. The minimum absolute atomic E-state index is 0.141. The van der Waals surface area contributed by atoms with E-state index in [1.807, 2.05) is 11.4 Å². The highest BCUT2D eigenvalue weighted by Crippen LogP contribution is 2.23. The molecule has 0 fully saturated rings. The van der Waals surface area contributed by atoms with Crippen LogP contribution >= 0.6 is 27.3 Å². The maximum atomic E-state index is 11.6. The number of anilines is 1. The maximum absolute atomic E-state index is 11.6. The van der Waals surface area contributed by atoms with E-state index in [2.05, 4.69) is 15.9 Å². The lowest BCUT2D eigenvalue weighted by Gasteiger charge is -2.04. The second-order valence-electron chi connectivity index (χ2n) is 3.09. The van der Waals surface area contributed by atoms with E-state index in [-0.39, 0.29) is 11.2 Å². The van der Waals surface area contributed by atoms with Gasteiger partial charge in [-0.1, -0.05) is 0 Å². The van der Waals surface area contributed by atoms with E-state index >= 15 is 0 Å². The first-order valence-electron chi connectivity index (χ1n) is 4.35. The summed E-state index contributed by atoms with van der Waals surface area (Å²) < 4.78 is 2.63. The second kappa shape index (κ2) is 4.20. The van der Waals surface area contributed by atoms with Crippen LogP contribution in [0.1, 0.15) is 4.88 Å². The molecular weight excluding hydrogens is 276 g/mol. The Morgan fingerprint density at radius 1 is 1.47 bits per heavy atom. The van der Waals surface area contributed by atoms with Crippen molar-refractivity contribution in [2.45, 2.75) is 6.54 Å². The lowest BCUT2D eigenvalue weighted by Crippen LogP contribution is -2.22. The van der Waals surface area contributed by atoms with Gasteiger partial charge in [0.15, 0.2) is 0 Å². The van der Waals surface area contributed by atoms with Gasteiger partial charge in [0.25, 0.3) is 5.56 Å². The van der Waals surface area contributed by atoms with Crippen molar-refractivity contribution in [3.05, 3.63) is 49.5 Å². The Kier molecular flexibility index (Phi) is 2.93. The average Bonchev–Trinajstić information content (AvgIpc) is 2.60. The molecule has 0 aliphatic carbocycles. The van der Waals surface area contributed by atoms with Crippen LogP contribution in [-0.4, -0.2) is 4.57 Å². The molecule has 0 saturated carbocycles. The normalized spacial score (nSPS) is 10.5. The van der Waals surface area contributed by atoms with Crippen molar-refractivity contribution in [3.63, 3.8) is 0 Å². The molecule has 0 bridgehead atoms. The van der Waals surface area contributed by atoms with Crippen LogP contribution in [0.4, 0.5) is 5.69 Å². The molecule has 2 heterocycles. The summed E-state index contributed by atoms with van der Waals surface area (Å²) in [5, 5.41) is 1.98. The Balaban J connectivity index is 2.37.